The number of aliphatic imine (C=N–C) groups is 1. The smallest absolute Gasteiger partial charge is 0.196 e. The number of benzene rings is 2. The van der Waals surface area contributed by atoms with E-state index in [9.17, 15) is 0 Å². The third-order valence-corrected chi connectivity index (χ3v) is 3.80. The second-order valence-corrected chi connectivity index (χ2v) is 5.76. The molecule has 0 aliphatic carbocycles. The van der Waals surface area contributed by atoms with Crippen LogP contribution in [0.1, 0.15) is 24.2 Å². The molecule has 0 radical (unpaired) electrons. The number of amidine groups is 1. The zero-order valence-corrected chi connectivity index (χ0v) is 14.2. The van der Waals surface area contributed by atoms with Gasteiger partial charge in [0.15, 0.2) is 11.6 Å². The van der Waals surface area contributed by atoms with E-state index in [0.717, 1.165) is 11.1 Å². The number of nitrogens with zero attached hydrogens (tertiary/aromatic N) is 2. The first-order valence-electron chi connectivity index (χ1n) is 8.26. The van der Waals surface area contributed by atoms with Crippen LogP contribution < -0.4 is 10.5 Å². The van der Waals surface area contributed by atoms with Gasteiger partial charge >= 0.3 is 0 Å². The predicted molar refractivity (Wildman–Crippen MR) is 101 cm³/mol. The molecule has 3 rings (SSSR count). The Bertz CT molecular complexity index is 832. The fourth-order valence-corrected chi connectivity index (χ4v) is 2.52. The van der Waals surface area contributed by atoms with Gasteiger partial charge in [0.2, 0.25) is 0 Å². The summed E-state index contributed by atoms with van der Waals surface area (Å²) in [6.07, 6.45) is 2.16. The second kappa shape index (κ2) is 8.11. The summed E-state index contributed by atoms with van der Waals surface area (Å²) >= 11 is 0. The number of rotatable bonds is 6. The second-order valence-electron chi connectivity index (χ2n) is 5.76. The van der Waals surface area contributed by atoms with E-state index in [1.807, 2.05) is 79.7 Å². The number of aromatic nitrogens is 1. The molecule has 0 fully saturated rings. The van der Waals surface area contributed by atoms with Crippen LogP contribution in [0.25, 0.3) is 0 Å². The van der Waals surface area contributed by atoms with Crippen molar-refractivity contribution >= 4 is 11.7 Å². The summed E-state index contributed by atoms with van der Waals surface area (Å²) in [4.78, 5) is 8.77. The summed E-state index contributed by atoms with van der Waals surface area (Å²) in [5.74, 6) is 1.62. The normalized spacial score (nSPS) is 12.6. The predicted octanol–water partition coefficient (Wildman–Crippen LogP) is 4.45. The molecule has 126 valence electrons. The first kappa shape index (κ1) is 16.7. The molecular formula is C21H21N3O. The van der Waals surface area contributed by atoms with Crippen LogP contribution in [-0.2, 0) is 6.42 Å². The van der Waals surface area contributed by atoms with E-state index in [1.54, 1.807) is 6.20 Å². The fraction of sp³-hybridized carbons (Fsp3) is 0.143. The highest BCUT2D eigenvalue weighted by atomic mass is 16.5. The molecule has 4 heteroatoms. The largest absolute Gasteiger partial charge is 0.482 e. The van der Waals surface area contributed by atoms with Crippen LogP contribution in [0.5, 0.6) is 5.75 Å². The molecule has 0 aliphatic heterocycles. The van der Waals surface area contributed by atoms with Crippen LogP contribution in [0.3, 0.4) is 0 Å². The number of nitrogens with two attached hydrogens (primary N) is 1. The standard InChI is InChI=1S/C21H21N3O/c1-16(18-11-6-3-7-12-18)25-19-13-8-14-23-21(19)24-20(22)15-17-9-4-2-5-10-17/h2-14,16H,15H2,1H3,(H2,22,23,24). The van der Waals surface area contributed by atoms with Crippen molar-refractivity contribution in [1.29, 1.82) is 0 Å². The summed E-state index contributed by atoms with van der Waals surface area (Å²) in [5.41, 5.74) is 8.31. The monoisotopic (exact) mass is 331 g/mol. The number of hydrogen-bond donors (Lipinski definition) is 1. The van der Waals surface area contributed by atoms with Crippen molar-refractivity contribution in [2.75, 3.05) is 0 Å². The van der Waals surface area contributed by atoms with Crippen molar-refractivity contribution in [3.63, 3.8) is 0 Å². The van der Waals surface area contributed by atoms with Crippen molar-refractivity contribution in [2.45, 2.75) is 19.4 Å². The van der Waals surface area contributed by atoms with E-state index >= 15 is 0 Å². The Hall–Kier alpha value is -3.14. The molecule has 0 amide bonds. The first-order valence-corrected chi connectivity index (χ1v) is 8.26. The van der Waals surface area contributed by atoms with Crippen LogP contribution in [0.2, 0.25) is 0 Å². The van der Waals surface area contributed by atoms with Crippen LogP contribution in [-0.4, -0.2) is 10.8 Å². The molecule has 1 unspecified atom stereocenters. The van der Waals surface area contributed by atoms with Gasteiger partial charge in [-0.25, -0.2) is 9.98 Å². The lowest BCUT2D eigenvalue weighted by Crippen LogP contribution is -2.14. The van der Waals surface area contributed by atoms with Crippen LogP contribution in [0, 0.1) is 0 Å². The van der Waals surface area contributed by atoms with Crippen LogP contribution in [0.15, 0.2) is 84.0 Å². The molecule has 0 saturated carbocycles. The minimum absolute atomic E-state index is 0.102. The quantitative estimate of drug-likeness (QED) is 0.536. The van der Waals surface area contributed by atoms with Crippen LogP contribution in [0.4, 0.5) is 5.82 Å². The van der Waals surface area contributed by atoms with Crippen molar-refractivity contribution < 1.29 is 4.74 Å². The van der Waals surface area contributed by atoms with Crippen LogP contribution >= 0.6 is 0 Å². The summed E-state index contributed by atoms with van der Waals surface area (Å²) in [6, 6.07) is 23.7. The van der Waals surface area contributed by atoms with Gasteiger partial charge in [0.25, 0.3) is 0 Å². The van der Waals surface area contributed by atoms with E-state index in [4.69, 9.17) is 10.5 Å². The third kappa shape index (κ3) is 4.67. The van der Waals surface area contributed by atoms with E-state index in [1.165, 1.54) is 0 Å². The molecular weight excluding hydrogens is 310 g/mol. The number of ether oxygens (including phenoxy) is 1. The summed E-state index contributed by atoms with van der Waals surface area (Å²) in [5, 5.41) is 0. The Morgan fingerprint density at radius 1 is 1.00 bits per heavy atom. The van der Waals surface area contributed by atoms with Gasteiger partial charge in [-0.15, -0.1) is 0 Å². The Morgan fingerprint density at radius 2 is 1.68 bits per heavy atom. The molecule has 0 saturated heterocycles. The molecule has 25 heavy (non-hydrogen) atoms. The minimum Gasteiger partial charge on any atom is -0.482 e. The van der Waals surface area contributed by atoms with E-state index < -0.39 is 0 Å². The van der Waals surface area contributed by atoms with Gasteiger partial charge in [0, 0.05) is 12.6 Å². The molecule has 1 atom stereocenters. The zero-order valence-electron chi connectivity index (χ0n) is 14.2. The molecule has 3 aromatic rings. The van der Waals surface area contributed by atoms with E-state index in [2.05, 4.69) is 9.98 Å². The number of pyridine rings is 1. The van der Waals surface area contributed by atoms with Gasteiger partial charge in [-0.1, -0.05) is 60.7 Å². The Balaban J connectivity index is 1.77. The molecule has 2 aromatic carbocycles. The first-order chi connectivity index (χ1) is 12.2. The highest BCUT2D eigenvalue weighted by Gasteiger charge is 2.11. The van der Waals surface area contributed by atoms with Gasteiger partial charge in [-0.05, 0) is 30.2 Å². The molecule has 1 aromatic heterocycles. The topological polar surface area (TPSA) is 60.5 Å². The average Bonchev–Trinajstić information content (AvgIpc) is 2.65. The van der Waals surface area contributed by atoms with Gasteiger partial charge in [-0.2, -0.15) is 0 Å². The maximum atomic E-state index is 6.10. The van der Waals surface area contributed by atoms with Gasteiger partial charge in [0.1, 0.15) is 11.9 Å². The lowest BCUT2D eigenvalue weighted by atomic mass is 10.1. The van der Waals surface area contributed by atoms with E-state index in [-0.39, 0.29) is 6.10 Å². The van der Waals surface area contributed by atoms with E-state index in [0.29, 0.717) is 23.8 Å². The Morgan fingerprint density at radius 3 is 2.40 bits per heavy atom. The minimum atomic E-state index is -0.102. The maximum Gasteiger partial charge on any atom is 0.196 e. The Kier molecular flexibility index (Phi) is 5.42. The Labute approximate surface area is 148 Å². The highest BCUT2D eigenvalue weighted by Crippen LogP contribution is 2.29. The van der Waals surface area contributed by atoms with Crippen molar-refractivity contribution in [2.24, 2.45) is 10.7 Å². The maximum absolute atomic E-state index is 6.10. The SMILES string of the molecule is CC(Oc1cccnc1/N=C(/N)Cc1ccccc1)c1ccccc1. The van der Waals surface area contributed by atoms with Gasteiger partial charge in [0.05, 0.1) is 0 Å². The molecule has 4 nitrogen and oxygen atoms in total. The van der Waals surface area contributed by atoms with Gasteiger partial charge < -0.3 is 10.5 Å². The van der Waals surface area contributed by atoms with Crippen molar-refractivity contribution in [3.05, 3.63) is 90.1 Å². The van der Waals surface area contributed by atoms with Crippen molar-refractivity contribution in [1.82, 2.24) is 4.98 Å². The molecule has 0 aliphatic rings. The average molecular weight is 331 g/mol. The molecule has 2 N–H and O–H groups in total. The molecule has 0 spiro atoms. The summed E-state index contributed by atoms with van der Waals surface area (Å²) in [7, 11) is 0. The van der Waals surface area contributed by atoms with Crippen molar-refractivity contribution in [3.8, 4) is 5.75 Å². The third-order valence-electron chi connectivity index (χ3n) is 3.80. The lowest BCUT2D eigenvalue weighted by Gasteiger charge is -2.16. The zero-order chi connectivity index (χ0) is 17.5. The molecule has 0 bridgehead atoms. The summed E-state index contributed by atoms with van der Waals surface area (Å²) < 4.78 is 6.06. The summed E-state index contributed by atoms with van der Waals surface area (Å²) in [6.45, 7) is 2.00. The lowest BCUT2D eigenvalue weighted by molar-refractivity contribution is 0.227. The number of hydrogen-bond acceptors (Lipinski definition) is 3. The fourth-order valence-electron chi connectivity index (χ4n) is 2.52. The highest BCUT2D eigenvalue weighted by molar-refractivity contribution is 5.85. The van der Waals surface area contributed by atoms with Gasteiger partial charge in [-0.3, -0.25) is 0 Å². The molecule has 1 heterocycles.